The molecule has 0 aliphatic heterocycles. The molecule has 7 nitrogen and oxygen atoms in total. The van der Waals surface area contributed by atoms with Crippen LogP contribution in [-0.4, -0.2) is 21.0 Å². The molecule has 0 saturated heterocycles. The molecule has 0 radical (unpaired) electrons. The number of nitrogens with zero attached hydrogens (tertiary/aromatic N) is 2. The van der Waals surface area contributed by atoms with E-state index >= 15 is 0 Å². The van der Waals surface area contributed by atoms with Crippen molar-refractivity contribution in [2.75, 3.05) is 16.0 Å². The summed E-state index contributed by atoms with van der Waals surface area (Å²) in [6, 6.07) is 14.6. The van der Waals surface area contributed by atoms with E-state index in [1.807, 2.05) is 12.1 Å². The van der Waals surface area contributed by atoms with Gasteiger partial charge in [-0.2, -0.15) is 13.2 Å². The molecule has 0 spiro atoms. The van der Waals surface area contributed by atoms with Crippen molar-refractivity contribution in [3.05, 3.63) is 83.6 Å². The van der Waals surface area contributed by atoms with Gasteiger partial charge in [0.15, 0.2) is 0 Å². The van der Waals surface area contributed by atoms with Gasteiger partial charge in [0.2, 0.25) is 5.95 Å². The fraction of sp³-hybridized carbons (Fsp3) is 0.0455. The molecule has 2 aromatic carbocycles. The van der Waals surface area contributed by atoms with Crippen LogP contribution in [-0.2, 0) is 6.18 Å². The lowest BCUT2D eigenvalue weighted by Crippen LogP contribution is -2.20. The number of carbonyl (C=O) groups excluding carboxylic acids is 1. The Bertz CT molecular complexity index is 1280. The number of halogens is 4. The highest BCUT2D eigenvalue weighted by Crippen LogP contribution is 2.36. The van der Waals surface area contributed by atoms with Crippen molar-refractivity contribution in [2.24, 2.45) is 0 Å². The first kappa shape index (κ1) is 22.2. The summed E-state index contributed by atoms with van der Waals surface area (Å²) in [5, 5.41) is 7.54. The first-order valence-electron chi connectivity index (χ1n) is 9.56. The van der Waals surface area contributed by atoms with E-state index in [2.05, 4.69) is 30.9 Å². The monoisotopic (exact) mass is 472 g/mol. The molecule has 0 bridgehead atoms. The Morgan fingerprint density at radius 2 is 1.70 bits per heavy atom. The minimum Gasteiger partial charge on any atom is -0.360 e. The number of amides is 2. The van der Waals surface area contributed by atoms with Gasteiger partial charge in [0.05, 0.1) is 22.0 Å². The smallest absolute Gasteiger partial charge is 0.360 e. The summed E-state index contributed by atoms with van der Waals surface area (Å²) in [5.74, 6) is 0.351. The summed E-state index contributed by atoms with van der Waals surface area (Å²) in [6.07, 6.45) is -1.23. The Kier molecular flexibility index (Phi) is 6.18. The van der Waals surface area contributed by atoms with Crippen LogP contribution in [0.5, 0.6) is 0 Å². The van der Waals surface area contributed by atoms with Gasteiger partial charge >= 0.3 is 12.2 Å². The van der Waals surface area contributed by atoms with Crippen LogP contribution in [0.3, 0.4) is 0 Å². The third-order valence-electron chi connectivity index (χ3n) is 4.44. The first-order chi connectivity index (χ1) is 15.8. The van der Waals surface area contributed by atoms with Gasteiger partial charge in [0.1, 0.15) is 0 Å². The summed E-state index contributed by atoms with van der Waals surface area (Å²) in [4.78, 5) is 24.0. The van der Waals surface area contributed by atoms with Crippen molar-refractivity contribution in [3.63, 3.8) is 0 Å². The number of aromatic nitrogens is 3. The summed E-state index contributed by atoms with van der Waals surface area (Å²) >= 11 is 5.60. The summed E-state index contributed by atoms with van der Waals surface area (Å²) < 4.78 is 39.0. The number of rotatable bonds is 5. The second-order valence-electron chi connectivity index (χ2n) is 6.83. The molecule has 4 N–H and O–H groups in total. The fourth-order valence-corrected chi connectivity index (χ4v) is 3.20. The van der Waals surface area contributed by atoms with Gasteiger partial charge in [-0.3, -0.25) is 0 Å². The van der Waals surface area contributed by atoms with Crippen LogP contribution < -0.4 is 16.0 Å². The predicted molar refractivity (Wildman–Crippen MR) is 121 cm³/mol. The molecule has 0 aliphatic rings. The van der Waals surface area contributed by atoms with Crippen LogP contribution >= 0.6 is 11.6 Å². The van der Waals surface area contributed by atoms with Gasteiger partial charge in [0.25, 0.3) is 0 Å². The summed E-state index contributed by atoms with van der Waals surface area (Å²) in [6.45, 7) is 0. The highest BCUT2D eigenvalue weighted by Gasteiger charge is 2.33. The molecule has 0 atom stereocenters. The standard InChI is InChI=1S/C22H16ClF3N6O/c23-17-7-6-15(12-16(17)22(24,25)26)31-21(33)30-14-4-1-3-13(11-14)29-20-28-10-8-19(32-20)18-5-2-9-27-18/h1-12,27H,(H,28,29,32)(H2,30,31,33). The van der Waals surface area contributed by atoms with E-state index in [9.17, 15) is 18.0 Å². The van der Waals surface area contributed by atoms with E-state index in [1.165, 1.54) is 6.07 Å². The highest BCUT2D eigenvalue weighted by molar-refractivity contribution is 6.31. The second-order valence-corrected chi connectivity index (χ2v) is 7.23. The Hall–Kier alpha value is -4.05. The molecular formula is C22H16ClF3N6O. The summed E-state index contributed by atoms with van der Waals surface area (Å²) in [5.41, 5.74) is 1.46. The number of carbonyl (C=O) groups is 1. The van der Waals surface area contributed by atoms with Crippen molar-refractivity contribution in [1.82, 2.24) is 15.0 Å². The lowest BCUT2D eigenvalue weighted by atomic mass is 10.2. The maximum atomic E-state index is 13.0. The number of H-pyrrole nitrogens is 1. The normalized spacial score (nSPS) is 11.2. The van der Waals surface area contributed by atoms with Crippen LogP contribution in [0, 0.1) is 0 Å². The molecule has 168 valence electrons. The molecule has 2 heterocycles. The van der Waals surface area contributed by atoms with Gasteiger partial charge in [-0.15, -0.1) is 0 Å². The van der Waals surface area contributed by atoms with Crippen molar-refractivity contribution in [3.8, 4) is 11.4 Å². The van der Waals surface area contributed by atoms with Crippen molar-refractivity contribution < 1.29 is 18.0 Å². The van der Waals surface area contributed by atoms with Crippen molar-refractivity contribution >= 4 is 40.6 Å². The van der Waals surface area contributed by atoms with Crippen LogP contribution in [0.4, 0.5) is 41.0 Å². The zero-order valence-electron chi connectivity index (χ0n) is 16.7. The SMILES string of the molecule is O=C(Nc1cccc(Nc2nccc(-c3ccc[nH]3)n2)c1)Nc1ccc(Cl)c(C(F)(F)F)c1. The molecule has 11 heteroatoms. The van der Waals surface area contributed by atoms with Crippen LogP contribution in [0.25, 0.3) is 11.4 Å². The molecule has 0 saturated carbocycles. The third kappa shape index (κ3) is 5.60. The third-order valence-corrected chi connectivity index (χ3v) is 4.77. The first-order valence-corrected chi connectivity index (χ1v) is 9.94. The van der Waals surface area contributed by atoms with Crippen LogP contribution in [0.2, 0.25) is 5.02 Å². The highest BCUT2D eigenvalue weighted by atomic mass is 35.5. The molecular weight excluding hydrogens is 457 g/mol. The van der Waals surface area contributed by atoms with E-state index in [4.69, 9.17) is 11.6 Å². The van der Waals surface area contributed by atoms with Crippen molar-refractivity contribution in [1.29, 1.82) is 0 Å². The number of hydrogen-bond donors (Lipinski definition) is 4. The number of aromatic amines is 1. The average Bonchev–Trinajstić information content (AvgIpc) is 3.30. The van der Waals surface area contributed by atoms with Gasteiger partial charge in [-0.1, -0.05) is 17.7 Å². The molecule has 4 rings (SSSR count). The summed E-state index contributed by atoms with van der Waals surface area (Å²) in [7, 11) is 0. The predicted octanol–water partition coefficient (Wildman–Crippen LogP) is 6.53. The van der Waals surface area contributed by atoms with Crippen LogP contribution in [0.15, 0.2) is 73.1 Å². The van der Waals surface area contributed by atoms with E-state index in [0.717, 1.165) is 17.8 Å². The Morgan fingerprint density at radius 3 is 2.42 bits per heavy atom. The van der Waals surface area contributed by atoms with Gasteiger partial charge in [-0.05, 0) is 54.6 Å². The van der Waals surface area contributed by atoms with Gasteiger partial charge in [-0.25, -0.2) is 14.8 Å². The molecule has 4 aromatic rings. The van der Waals surface area contributed by atoms with Crippen molar-refractivity contribution in [2.45, 2.75) is 6.18 Å². The number of anilines is 4. The molecule has 2 aromatic heterocycles. The van der Waals surface area contributed by atoms with Gasteiger partial charge in [0, 0.05) is 29.5 Å². The average molecular weight is 473 g/mol. The second kappa shape index (κ2) is 9.21. The Balaban J connectivity index is 1.44. The van der Waals surface area contributed by atoms with E-state index in [-0.39, 0.29) is 5.69 Å². The molecule has 0 unspecified atom stereocenters. The number of benzene rings is 2. The number of nitrogens with one attached hydrogen (secondary N) is 4. The lowest BCUT2D eigenvalue weighted by molar-refractivity contribution is -0.137. The molecule has 2 amide bonds. The maximum Gasteiger partial charge on any atom is 0.417 e. The minimum atomic E-state index is -4.63. The lowest BCUT2D eigenvalue weighted by Gasteiger charge is -2.13. The largest absolute Gasteiger partial charge is 0.417 e. The van der Waals surface area contributed by atoms with E-state index in [1.54, 1.807) is 42.7 Å². The van der Waals surface area contributed by atoms with Gasteiger partial charge < -0.3 is 20.9 Å². The minimum absolute atomic E-state index is 0.0481. The number of alkyl halides is 3. The van der Waals surface area contributed by atoms with E-state index < -0.39 is 22.8 Å². The zero-order chi connectivity index (χ0) is 23.4. The topological polar surface area (TPSA) is 94.7 Å². The van der Waals surface area contributed by atoms with E-state index in [0.29, 0.717) is 23.0 Å². The molecule has 0 fully saturated rings. The molecule has 0 aliphatic carbocycles. The number of urea groups is 1. The maximum absolute atomic E-state index is 13.0. The molecule has 33 heavy (non-hydrogen) atoms. The number of hydrogen-bond acceptors (Lipinski definition) is 4. The zero-order valence-corrected chi connectivity index (χ0v) is 17.5. The fourth-order valence-electron chi connectivity index (χ4n) is 2.98. The van der Waals surface area contributed by atoms with Crippen LogP contribution in [0.1, 0.15) is 5.56 Å². The Morgan fingerprint density at radius 1 is 0.939 bits per heavy atom. The Labute approximate surface area is 191 Å². The quantitative estimate of drug-likeness (QED) is 0.265.